The van der Waals surface area contributed by atoms with Gasteiger partial charge in [0.25, 0.3) is 0 Å². The average molecular weight is 291 g/mol. The van der Waals surface area contributed by atoms with Crippen LogP contribution in [-0.2, 0) is 6.42 Å². The molecule has 0 aliphatic rings. The fourth-order valence-corrected chi connectivity index (χ4v) is 2.34. The lowest BCUT2D eigenvalue weighted by Gasteiger charge is -2.18. The summed E-state index contributed by atoms with van der Waals surface area (Å²) in [6.07, 6.45) is 2.26. The zero-order valence-electron chi connectivity index (χ0n) is 11.7. The fraction of sp³-hybridized carbons (Fsp3) is 0.267. The topological polar surface area (TPSA) is 77.0 Å². The molecule has 0 fully saturated rings. The van der Waals surface area contributed by atoms with E-state index < -0.39 is 0 Å². The van der Waals surface area contributed by atoms with Gasteiger partial charge in [-0.05, 0) is 43.0 Å². The van der Waals surface area contributed by atoms with Crippen molar-refractivity contribution < 1.29 is 0 Å². The molecular weight excluding hydrogens is 272 g/mol. The predicted octanol–water partition coefficient (Wildman–Crippen LogP) is 2.68. The molecule has 2 rings (SSSR count). The third-order valence-corrected chi connectivity index (χ3v) is 3.71. The first-order valence-electron chi connectivity index (χ1n) is 6.44. The van der Waals surface area contributed by atoms with Crippen molar-refractivity contribution in [3.05, 3.63) is 57.7 Å². The molecule has 0 aliphatic heterocycles. The van der Waals surface area contributed by atoms with Gasteiger partial charge in [-0.15, -0.1) is 0 Å². The van der Waals surface area contributed by atoms with Crippen LogP contribution in [0.3, 0.4) is 0 Å². The van der Waals surface area contributed by atoms with Crippen LogP contribution in [0.25, 0.3) is 0 Å². The van der Waals surface area contributed by atoms with Crippen LogP contribution in [0.2, 0.25) is 5.02 Å². The molecule has 0 radical (unpaired) electrons. The summed E-state index contributed by atoms with van der Waals surface area (Å²) in [5.74, 6) is 6.11. The Morgan fingerprint density at radius 3 is 2.65 bits per heavy atom. The number of nitrogen functional groups attached to an aromatic ring is 1. The number of hydrazine groups is 1. The second kappa shape index (κ2) is 6.22. The third kappa shape index (κ3) is 3.28. The van der Waals surface area contributed by atoms with Crippen molar-refractivity contribution >= 4 is 17.4 Å². The summed E-state index contributed by atoms with van der Waals surface area (Å²) in [6, 6.07) is 8.05. The Labute approximate surface area is 124 Å². The Kier molecular flexibility index (Phi) is 4.60. The molecule has 0 aliphatic carbocycles. The normalized spacial score (nSPS) is 12.4. The SMILES string of the molecule is Cc1ccc(CC(NN)c2cc(Cl)cnc2N)cc1C. The monoisotopic (exact) mass is 290 g/mol. The molecule has 5 N–H and O–H groups in total. The lowest BCUT2D eigenvalue weighted by atomic mass is 9.97. The van der Waals surface area contributed by atoms with Crippen LogP contribution in [0.5, 0.6) is 0 Å². The Morgan fingerprint density at radius 2 is 2.00 bits per heavy atom. The maximum atomic E-state index is 5.98. The number of aryl methyl sites for hydroxylation is 2. The minimum absolute atomic E-state index is 0.122. The van der Waals surface area contributed by atoms with Crippen LogP contribution in [0.15, 0.2) is 30.5 Å². The molecule has 1 unspecified atom stereocenters. The van der Waals surface area contributed by atoms with Gasteiger partial charge in [0.2, 0.25) is 0 Å². The highest BCUT2D eigenvalue weighted by Gasteiger charge is 2.15. The van der Waals surface area contributed by atoms with E-state index >= 15 is 0 Å². The van der Waals surface area contributed by atoms with E-state index in [0.717, 1.165) is 12.0 Å². The maximum Gasteiger partial charge on any atom is 0.128 e. The van der Waals surface area contributed by atoms with Crippen molar-refractivity contribution in [2.75, 3.05) is 5.73 Å². The van der Waals surface area contributed by atoms with Crippen molar-refractivity contribution in [2.24, 2.45) is 5.84 Å². The molecule has 5 heteroatoms. The van der Waals surface area contributed by atoms with Gasteiger partial charge >= 0.3 is 0 Å². The average Bonchev–Trinajstić information content (AvgIpc) is 2.43. The summed E-state index contributed by atoms with van der Waals surface area (Å²) in [7, 11) is 0. The van der Waals surface area contributed by atoms with E-state index in [9.17, 15) is 0 Å². The largest absolute Gasteiger partial charge is 0.383 e. The first-order chi connectivity index (χ1) is 9.51. The summed E-state index contributed by atoms with van der Waals surface area (Å²) in [4.78, 5) is 4.07. The van der Waals surface area contributed by atoms with E-state index in [1.807, 2.05) is 0 Å². The Hall–Kier alpha value is -1.62. The van der Waals surface area contributed by atoms with Crippen LogP contribution in [0, 0.1) is 13.8 Å². The number of pyridine rings is 1. The van der Waals surface area contributed by atoms with Gasteiger partial charge in [0.05, 0.1) is 11.1 Å². The van der Waals surface area contributed by atoms with E-state index in [1.54, 1.807) is 6.07 Å². The van der Waals surface area contributed by atoms with Crippen molar-refractivity contribution in [3.63, 3.8) is 0 Å². The summed E-state index contributed by atoms with van der Waals surface area (Å²) in [5.41, 5.74) is 13.2. The van der Waals surface area contributed by atoms with Gasteiger partial charge in [-0.25, -0.2) is 4.98 Å². The summed E-state index contributed by atoms with van der Waals surface area (Å²) in [5, 5.41) is 0.550. The van der Waals surface area contributed by atoms with Gasteiger partial charge in [0.15, 0.2) is 0 Å². The summed E-state index contributed by atoms with van der Waals surface area (Å²) in [6.45, 7) is 4.19. The van der Waals surface area contributed by atoms with Crippen LogP contribution >= 0.6 is 11.6 Å². The maximum absolute atomic E-state index is 5.98. The minimum atomic E-state index is -0.122. The zero-order chi connectivity index (χ0) is 14.7. The Bertz CT molecular complexity index is 613. The quantitative estimate of drug-likeness (QED) is 0.598. The zero-order valence-corrected chi connectivity index (χ0v) is 12.4. The number of benzene rings is 1. The van der Waals surface area contributed by atoms with Gasteiger partial charge in [0.1, 0.15) is 5.82 Å². The molecule has 106 valence electrons. The smallest absolute Gasteiger partial charge is 0.128 e. The molecule has 0 bridgehead atoms. The van der Waals surface area contributed by atoms with Gasteiger partial charge in [0, 0.05) is 11.8 Å². The van der Waals surface area contributed by atoms with E-state index in [0.29, 0.717) is 10.8 Å². The lowest BCUT2D eigenvalue weighted by molar-refractivity contribution is 0.552. The molecule has 1 atom stereocenters. The number of nitrogens with zero attached hydrogens (tertiary/aromatic N) is 1. The number of hydrogen-bond donors (Lipinski definition) is 3. The number of halogens is 1. The van der Waals surface area contributed by atoms with Crippen LogP contribution in [0.4, 0.5) is 5.82 Å². The number of nitrogens with two attached hydrogens (primary N) is 2. The van der Waals surface area contributed by atoms with Crippen LogP contribution in [0.1, 0.15) is 28.3 Å². The molecule has 20 heavy (non-hydrogen) atoms. The molecule has 2 aromatic rings. The van der Waals surface area contributed by atoms with Gasteiger partial charge < -0.3 is 5.73 Å². The van der Waals surface area contributed by atoms with Crippen molar-refractivity contribution in [3.8, 4) is 0 Å². The first-order valence-corrected chi connectivity index (χ1v) is 6.82. The Balaban J connectivity index is 2.28. The summed E-state index contributed by atoms with van der Waals surface area (Å²) < 4.78 is 0. The highest BCUT2D eigenvalue weighted by atomic mass is 35.5. The molecule has 4 nitrogen and oxygen atoms in total. The molecule has 0 amide bonds. The predicted molar refractivity (Wildman–Crippen MR) is 83.3 cm³/mol. The lowest BCUT2D eigenvalue weighted by Crippen LogP contribution is -2.30. The number of aromatic nitrogens is 1. The highest BCUT2D eigenvalue weighted by Crippen LogP contribution is 2.25. The standard InChI is InChI=1S/C15H19ClN4/c1-9-3-4-11(5-10(9)2)6-14(20-18)13-7-12(16)8-19-15(13)17/h3-5,7-8,14,20H,6,18H2,1-2H3,(H2,17,19). The van der Waals surface area contributed by atoms with Gasteiger partial charge in [-0.2, -0.15) is 0 Å². The van der Waals surface area contributed by atoms with Crippen LogP contribution < -0.4 is 17.0 Å². The van der Waals surface area contributed by atoms with E-state index in [2.05, 4.69) is 42.5 Å². The molecule has 1 aromatic carbocycles. The number of nitrogens with one attached hydrogen (secondary N) is 1. The molecule has 1 aromatic heterocycles. The first kappa shape index (κ1) is 14.8. The second-order valence-electron chi connectivity index (χ2n) is 4.97. The number of hydrogen-bond acceptors (Lipinski definition) is 4. The second-order valence-corrected chi connectivity index (χ2v) is 5.41. The van der Waals surface area contributed by atoms with Crippen molar-refractivity contribution in [1.82, 2.24) is 10.4 Å². The third-order valence-electron chi connectivity index (χ3n) is 3.50. The van der Waals surface area contributed by atoms with E-state index in [-0.39, 0.29) is 6.04 Å². The molecule has 0 spiro atoms. The van der Waals surface area contributed by atoms with E-state index in [1.165, 1.54) is 22.9 Å². The Morgan fingerprint density at radius 1 is 1.25 bits per heavy atom. The molecule has 0 saturated carbocycles. The molecule has 0 saturated heterocycles. The fourth-order valence-electron chi connectivity index (χ4n) is 2.17. The van der Waals surface area contributed by atoms with Gasteiger partial charge in [-0.1, -0.05) is 29.8 Å². The highest BCUT2D eigenvalue weighted by molar-refractivity contribution is 6.30. The molecular formula is C15H19ClN4. The van der Waals surface area contributed by atoms with Crippen molar-refractivity contribution in [2.45, 2.75) is 26.3 Å². The van der Waals surface area contributed by atoms with Crippen molar-refractivity contribution in [1.29, 1.82) is 0 Å². The number of rotatable bonds is 4. The van der Waals surface area contributed by atoms with E-state index in [4.69, 9.17) is 23.2 Å². The van der Waals surface area contributed by atoms with Gasteiger partial charge in [-0.3, -0.25) is 11.3 Å². The summed E-state index contributed by atoms with van der Waals surface area (Å²) >= 11 is 5.98. The van der Waals surface area contributed by atoms with Crippen LogP contribution in [-0.4, -0.2) is 4.98 Å². The minimum Gasteiger partial charge on any atom is -0.383 e. The number of anilines is 1. The molecule has 1 heterocycles.